The van der Waals surface area contributed by atoms with E-state index in [9.17, 15) is 4.79 Å². The van der Waals surface area contributed by atoms with Crippen LogP contribution in [0.15, 0.2) is 60.5 Å². The highest BCUT2D eigenvalue weighted by molar-refractivity contribution is 7.14. The molecule has 0 radical (unpaired) electrons. The third-order valence-corrected chi connectivity index (χ3v) is 4.78. The van der Waals surface area contributed by atoms with Crippen LogP contribution in [0.1, 0.15) is 10.4 Å². The molecule has 0 spiro atoms. The molecule has 0 saturated carbocycles. The summed E-state index contributed by atoms with van der Waals surface area (Å²) in [5.74, 6) is 1.04. The molecular formula is C20H17N3O3S. The van der Waals surface area contributed by atoms with E-state index in [-0.39, 0.29) is 12.7 Å². The monoisotopic (exact) mass is 379 g/mol. The molecule has 0 saturated heterocycles. The van der Waals surface area contributed by atoms with Crippen LogP contribution in [0, 0.1) is 0 Å². The third-order valence-electron chi connectivity index (χ3n) is 3.98. The highest BCUT2D eigenvalue weighted by Crippen LogP contribution is 2.32. The van der Waals surface area contributed by atoms with Gasteiger partial charge < -0.3 is 20.1 Å². The van der Waals surface area contributed by atoms with Crippen molar-refractivity contribution >= 4 is 28.1 Å². The van der Waals surface area contributed by atoms with Crippen LogP contribution in [0.25, 0.3) is 11.3 Å². The van der Waals surface area contributed by atoms with E-state index in [0.29, 0.717) is 29.3 Å². The zero-order valence-electron chi connectivity index (χ0n) is 14.4. The van der Waals surface area contributed by atoms with Crippen LogP contribution >= 0.6 is 11.3 Å². The molecule has 3 aromatic rings. The molecule has 7 heteroatoms. The lowest BCUT2D eigenvalue weighted by molar-refractivity contribution is 0.102. The third kappa shape index (κ3) is 3.78. The fourth-order valence-electron chi connectivity index (χ4n) is 2.61. The first-order valence-corrected chi connectivity index (χ1v) is 9.22. The fraction of sp³-hybridized carbons (Fsp3) is 0.100. The number of thiazole rings is 1. The molecule has 2 N–H and O–H groups in total. The average Bonchev–Trinajstić information content (AvgIpc) is 3.35. The lowest BCUT2D eigenvalue weighted by Gasteiger charge is -2.07. The summed E-state index contributed by atoms with van der Waals surface area (Å²) in [7, 11) is 0. The number of ether oxygens (including phenoxy) is 2. The topological polar surface area (TPSA) is 72.5 Å². The van der Waals surface area contributed by atoms with Crippen LogP contribution in [0.5, 0.6) is 11.5 Å². The zero-order valence-corrected chi connectivity index (χ0v) is 15.2. The van der Waals surface area contributed by atoms with Gasteiger partial charge in [0.15, 0.2) is 16.6 Å². The van der Waals surface area contributed by atoms with Gasteiger partial charge in [-0.05, 0) is 30.3 Å². The van der Waals surface area contributed by atoms with Crippen molar-refractivity contribution < 1.29 is 14.3 Å². The summed E-state index contributed by atoms with van der Waals surface area (Å²) >= 11 is 1.54. The van der Waals surface area contributed by atoms with Gasteiger partial charge in [0.25, 0.3) is 5.91 Å². The van der Waals surface area contributed by atoms with Crippen LogP contribution in [0.4, 0.5) is 10.8 Å². The number of carbonyl (C=O) groups is 1. The predicted octanol–water partition coefficient (Wildman–Crippen LogP) is 4.39. The highest BCUT2D eigenvalue weighted by Gasteiger charge is 2.16. The normalized spacial score (nSPS) is 11.9. The number of carbonyl (C=O) groups excluding carboxylic acids is 1. The Morgan fingerprint density at radius 3 is 2.81 bits per heavy atom. The quantitative estimate of drug-likeness (QED) is 0.622. The lowest BCUT2D eigenvalue weighted by Crippen LogP contribution is -2.11. The first kappa shape index (κ1) is 17.1. The standard InChI is InChI=1S/C20H17N3O3S/c1-2-9-21-20-23-16(11-27-20)13-3-6-15(7-4-13)22-19(24)14-5-8-17-18(10-14)26-12-25-17/h2-8,10-11H,1,9,12H2,(H,21,23)(H,22,24). The number of aromatic nitrogens is 1. The Labute approximate surface area is 160 Å². The minimum Gasteiger partial charge on any atom is -0.454 e. The summed E-state index contributed by atoms with van der Waals surface area (Å²) < 4.78 is 10.6. The van der Waals surface area contributed by atoms with Gasteiger partial charge in [-0.2, -0.15) is 0 Å². The molecule has 27 heavy (non-hydrogen) atoms. The van der Waals surface area contributed by atoms with Gasteiger partial charge >= 0.3 is 0 Å². The largest absolute Gasteiger partial charge is 0.454 e. The molecule has 2 aromatic carbocycles. The zero-order chi connectivity index (χ0) is 18.6. The van der Waals surface area contributed by atoms with Crippen molar-refractivity contribution in [2.75, 3.05) is 24.0 Å². The second-order valence-corrected chi connectivity index (χ2v) is 6.67. The average molecular weight is 379 g/mol. The predicted molar refractivity (Wildman–Crippen MR) is 107 cm³/mol. The Bertz CT molecular complexity index is 982. The van der Waals surface area contributed by atoms with E-state index in [4.69, 9.17) is 9.47 Å². The molecule has 6 nitrogen and oxygen atoms in total. The SMILES string of the molecule is C=CCNc1nc(-c2ccc(NC(=O)c3ccc4c(c3)OCO4)cc2)cs1. The number of benzene rings is 2. The summed E-state index contributed by atoms with van der Waals surface area (Å²) in [6.45, 7) is 4.54. The number of anilines is 2. The number of nitrogens with zero attached hydrogens (tertiary/aromatic N) is 1. The molecule has 0 atom stereocenters. The van der Waals surface area contributed by atoms with Crippen LogP contribution in [0.3, 0.4) is 0 Å². The molecule has 136 valence electrons. The summed E-state index contributed by atoms with van der Waals surface area (Å²) in [5, 5.41) is 8.90. The molecule has 1 amide bonds. The van der Waals surface area contributed by atoms with Gasteiger partial charge in [-0.25, -0.2) is 4.98 Å². The molecule has 0 aliphatic carbocycles. The van der Waals surface area contributed by atoms with Gasteiger partial charge in [0.1, 0.15) is 0 Å². The van der Waals surface area contributed by atoms with E-state index in [1.54, 1.807) is 35.6 Å². The van der Waals surface area contributed by atoms with Crippen LogP contribution in [-0.2, 0) is 0 Å². The van der Waals surface area contributed by atoms with E-state index >= 15 is 0 Å². The van der Waals surface area contributed by atoms with E-state index in [1.807, 2.05) is 29.6 Å². The Hall–Kier alpha value is -3.32. The van der Waals surface area contributed by atoms with Crippen LogP contribution in [0.2, 0.25) is 0 Å². The van der Waals surface area contributed by atoms with Crippen molar-refractivity contribution in [1.82, 2.24) is 4.98 Å². The summed E-state index contributed by atoms with van der Waals surface area (Å²) in [6.07, 6.45) is 1.79. The Balaban J connectivity index is 1.43. The smallest absolute Gasteiger partial charge is 0.255 e. The summed E-state index contributed by atoms with van der Waals surface area (Å²) in [6, 6.07) is 12.7. The molecule has 2 heterocycles. The van der Waals surface area contributed by atoms with Gasteiger partial charge in [0.2, 0.25) is 6.79 Å². The van der Waals surface area contributed by atoms with E-state index in [2.05, 4.69) is 22.2 Å². The van der Waals surface area contributed by atoms with Gasteiger partial charge in [-0.15, -0.1) is 17.9 Å². The number of fused-ring (bicyclic) bond motifs is 1. The Morgan fingerprint density at radius 2 is 2.00 bits per heavy atom. The second kappa shape index (κ2) is 7.51. The Morgan fingerprint density at radius 1 is 1.19 bits per heavy atom. The first-order valence-electron chi connectivity index (χ1n) is 8.34. The van der Waals surface area contributed by atoms with Gasteiger partial charge in [-0.3, -0.25) is 4.79 Å². The van der Waals surface area contributed by atoms with Crippen molar-refractivity contribution in [3.8, 4) is 22.8 Å². The van der Waals surface area contributed by atoms with Crippen molar-refractivity contribution in [2.45, 2.75) is 0 Å². The van der Waals surface area contributed by atoms with Crippen molar-refractivity contribution in [2.24, 2.45) is 0 Å². The number of amides is 1. The molecule has 0 fully saturated rings. The molecule has 1 aromatic heterocycles. The minimum atomic E-state index is -0.203. The van der Waals surface area contributed by atoms with E-state index in [1.165, 1.54) is 0 Å². The molecular weight excluding hydrogens is 362 g/mol. The van der Waals surface area contributed by atoms with Crippen molar-refractivity contribution in [3.63, 3.8) is 0 Å². The number of hydrogen-bond acceptors (Lipinski definition) is 6. The van der Waals surface area contributed by atoms with Crippen LogP contribution in [-0.4, -0.2) is 24.2 Å². The molecule has 1 aliphatic rings. The Kier molecular flexibility index (Phi) is 4.76. The maximum absolute atomic E-state index is 12.4. The number of rotatable bonds is 6. The summed E-state index contributed by atoms with van der Waals surface area (Å²) in [4.78, 5) is 17.0. The van der Waals surface area contributed by atoms with Crippen molar-refractivity contribution in [3.05, 3.63) is 66.1 Å². The lowest BCUT2D eigenvalue weighted by atomic mass is 10.1. The van der Waals surface area contributed by atoms with Gasteiger partial charge in [-0.1, -0.05) is 18.2 Å². The maximum Gasteiger partial charge on any atom is 0.255 e. The minimum absolute atomic E-state index is 0.184. The van der Waals surface area contributed by atoms with Gasteiger partial charge in [0.05, 0.1) is 5.69 Å². The first-order chi connectivity index (χ1) is 13.2. The molecule has 4 rings (SSSR count). The van der Waals surface area contributed by atoms with Crippen LogP contribution < -0.4 is 20.1 Å². The highest BCUT2D eigenvalue weighted by atomic mass is 32.1. The fourth-order valence-corrected chi connectivity index (χ4v) is 3.34. The van der Waals surface area contributed by atoms with E-state index < -0.39 is 0 Å². The molecule has 0 bridgehead atoms. The molecule has 0 unspecified atom stereocenters. The second-order valence-electron chi connectivity index (χ2n) is 5.81. The number of nitrogens with one attached hydrogen (secondary N) is 2. The maximum atomic E-state index is 12.4. The van der Waals surface area contributed by atoms with E-state index in [0.717, 1.165) is 16.4 Å². The molecule has 1 aliphatic heterocycles. The number of hydrogen-bond donors (Lipinski definition) is 2. The van der Waals surface area contributed by atoms with Crippen molar-refractivity contribution in [1.29, 1.82) is 0 Å². The summed E-state index contributed by atoms with van der Waals surface area (Å²) in [5.41, 5.74) is 3.10. The van der Waals surface area contributed by atoms with Gasteiger partial charge in [0, 0.05) is 28.7 Å².